The highest BCUT2D eigenvalue weighted by molar-refractivity contribution is 9.10. The molecule has 1 aliphatic heterocycles. The first-order valence-corrected chi connectivity index (χ1v) is 6.13. The van der Waals surface area contributed by atoms with Gasteiger partial charge in [0.25, 0.3) is 0 Å². The van der Waals surface area contributed by atoms with E-state index < -0.39 is 0 Å². The highest BCUT2D eigenvalue weighted by Gasteiger charge is 2.20. The maximum Gasteiger partial charge on any atom is 0.224 e. The predicted octanol–water partition coefficient (Wildman–Crippen LogP) is 1.24. The smallest absolute Gasteiger partial charge is 0.224 e. The number of nitrogens with one attached hydrogen (secondary N) is 1. The van der Waals surface area contributed by atoms with E-state index in [-0.39, 0.29) is 6.10 Å². The molecule has 2 rings (SSSR count). The van der Waals surface area contributed by atoms with Crippen molar-refractivity contribution in [1.82, 2.24) is 9.97 Å². The third-order valence-electron chi connectivity index (χ3n) is 2.71. The summed E-state index contributed by atoms with van der Waals surface area (Å²) >= 11 is 3.45. The minimum Gasteiger partial charge on any atom is -0.393 e. The van der Waals surface area contributed by atoms with E-state index in [0.717, 1.165) is 36.2 Å². The summed E-state index contributed by atoms with van der Waals surface area (Å²) in [6.07, 6.45) is 3.18. The molecule has 1 saturated heterocycles. The summed E-state index contributed by atoms with van der Waals surface area (Å²) in [4.78, 5) is 10.7. The highest BCUT2D eigenvalue weighted by Crippen LogP contribution is 2.26. The lowest BCUT2D eigenvalue weighted by atomic mass is 10.1. The van der Waals surface area contributed by atoms with Crippen molar-refractivity contribution >= 4 is 27.7 Å². The molecule has 0 atom stereocenters. The van der Waals surface area contributed by atoms with Crippen molar-refractivity contribution in [2.45, 2.75) is 18.9 Å². The van der Waals surface area contributed by atoms with Gasteiger partial charge in [-0.15, -0.1) is 0 Å². The van der Waals surface area contributed by atoms with E-state index in [1.54, 1.807) is 13.2 Å². The highest BCUT2D eigenvalue weighted by atomic mass is 79.9. The van der Waals surface area contributed by atoms with E-state index in [4.69, 9.17) is 0 Å². The van der Waals surface area contributed by atoms with Gasteiger partial charge in [0.1, 0.15) is 5.82 Å². The van der Waals surface area contributed by atoms with Gasteiger partial charge in [0.05, 0.1) is 10.6 Å². The third kappa shape index (κ3) is 2.44. The molecule has 1 aliphatic rings. The number of hydrogen-bond donors (Lipinski definition) is 2. The van der Waals surface area contributed by atoms with Crippen LogP contribution in [0.2, 0.25) is 0 Å². The van der Waals surface area contributed by atoms with Gasteiger partial charge in [-0.1, -0.05) is 0 Å². The number of rotatable bonds is 2. The van der Waals surface area contributed by atoms with Gasteiger partial charge in [-0.3, -0.25) is 0 Å². The number of aromatic nitrogens is 2. The molecule has 0 saturated carbocycles. The summed E-state index contributed by atoms with van der Waals surface area (Å²) < 4.78 is 0.892. The zero-order valence-electron chi connectivity index (χ0n) is 9.15. The van der Waals surface area contributed by atoms with Crippen molar-refractivity contribution in [3.05, 3.63) is 10.7 Å². The van der Waals surface area contributed by atoms with Crippen LogP contribution < -0.4 is 10.2 Å². The lowest BCUT2D eigenvalue weighted by Crippen LogP contribution is -2.36. The Kier molecular flexibility index (Phi) is 3.60. The molecule has 2 heterocycles. The Balaban J connectivity index is 2.19. The van der Waals surface area contributed by atoms with Crippen LogP contribution in [0.25, 0.3) is 0 Å². The summed E-state index contributed by atoms with van der Waals surface area (Å²) in [7, 11) is 1.80. The molecule has 0 bridgehead atoms. The van der Waals surface area contributed by atoms with Crippen LogP contribution in [-0.4, -0.2) is 41.3 Å². The van der Waals surface area contributed by atoms with E-state index in [0.29, 0.717) is 5.95 Å². The number of hydrogen-bond acceptors (Lipinski definition) is 5. The van der Waals surface area contributed by atoms with Crippen LogP contribution in [-0.2, 0) is 0 Å². The van der Waals surface area contributed by atoms with Crippen LogP contribution in [0.3, 0.4) is 0 Å². The van der Waals surface area contributed by atoms with Crippen molar-refractivity contribution in [2.24, 2.45) is 0 Å². The van der Waals surface area contributed by atoms with Crippen molar-refractivity contribution in [3.63, 3.8) is 0 Å². The molecule has 1 aromatic rings. The van der Waals surface area contributed by atoms with E-state index in [1.165, 1.54) is 0 Å². The molecule has 0 aliphatic carbocycles. The van der Waals surface area contributed by atoms with Crippen LogP contribution in [0.5, 0.6) is 0 Å². The first-order chi connectivity index (χ1) is 7.70. The van der Waals surface area contributed by atoms with Crippen LogP contribution in [0.4, 0.5) is 11.8 Å². The second-order valence-electron chi connectivity index (χ2n) is 3.83. The van der Waals surface area contributed by atoms with Crippen LogP contribution >= 0.6 is 15.9 Å². The lowest BCUT2D eigenvalue weighted by Gasteiger charge is -2.31. The minimum atomic E-state index is -0.166. The van der Waals surface area contributed by atoms with Gasteiger partial charge in [-0.05, 0) is 28.8 Å². The van der Waals surface area contributed by atoms with E-state index >= 15 is 0 Å². The molecule has 16 heavy (non-hydrogen) atoms. The van der Waals surface area contributed by atoms with Gasteiger partial charge in [0.2, 0.25) is 5.95 Å². The minimum absolute atomic E-state index is 0.166. The van der Waals surface area contributed by atoms with E-state index in [2.05, 4.69) is 36.1 Å². The maximum absolute atomic E-state index is 9.46. The molecule has 5 nitrogen and oxygen atoms in total. The molecule has 0 aromatic carbocycles. The summed E-state index contributed by atoms with van der Waals surface area (Å²) in [6.45, 7) is 1.67. The SMILES string of the molecule is CNc1ncc(Br)c(N2CCC(O)CC2)n1. The average Bonchev–Trinajstić information content (AvgIpc) is 2.31. The fourth-order valence-corrected chi connectivity index (χ4v) is 2.22. The van der Waals surface area contributed by atoms with Gasteiger partial charge < -0.3 is 15.3 Å². The molecular weight excluding hydrogens is 272 g/mol. The Bertz CT molecular complexity index is 366. The lowest BCUT2D eigenvalue weighted by molar-refractivity contribution is 0.145. The van der Waals surface area contributed by atoms with E-state index in [1.807, 2.05) is 0 Å². The number of piperidine rings is 1. The van der Waals surface area contributed by atoms with Crippen LogP contribution in [0, 0.1) is 0 Å². The quantitative estimate of drug-likeness (QED) is 0.857. The van der Waals surface area contributed by atoms with Gasteiger partial charge in [-0.25, -0.2) is 4.98 Å². The first-order valence-electron chi connectivity index (χ1n) is 5.34. The summed E-state index contributed by atoms with van der Waals surface area (Å²) in [6, 6.07) is 0. The summed E-state index contributed by atoms with van der Waals surface area (Å²) in [5.74, 6) is 1.51. The zero-order valence-corrected chi connectivity index (χ0v) is 10.7. The number of nitrogens with zero attached hydrogens (tertiary/aromatic N) is 3. The van der Waals surface area contributed by atoms with Crippen molar-refractivity contribution < 1.29 is 5.11 Å². The molecule has 6 heteroatoms. The molecule has 1 fully saturated rings. The topological polar surface area (TPSA) is 61.3 Å². The molecule has 88 valence electrons. The molecule has 0 unspecified atom stereocenters. The summed E-state index contributed by atoms with van der Waals surface area (Å²) in [5.41, 5.74) is 0. The standard InChI is InChI=1S/C10H15BrN4O/c1-12-10-13-6-8(11)9(14-10)15-4-2-7(16)3-5-15/h6-7,16H,2-5H2,1H3,(H,12,13,14). The molecular formula is C10H15BrN4O. The zero-order chi connectivity index (χ0) is 11.5. The predicted molar refractivity (Wildman–Crippen MR) is 66.7 cm³/mol. The normalized spacial score (nSPS) is 17.6. The number of anilines is 2. The second kappa shape index (κ2) is 4.97. The maximum atomic E-state index is 9.46. The Morgan fingerprint density at radius 1 is 1.50 bits per heavy atom. The Hall–Kier alpha value is -0.880. The van der Waals surface area contributed by atoms with Gasteiger partial charge in [-0.2, -0.15) is 4.98 Å². The molecule has 0 amide bonds. The van der Waals surface area contributed by atoms with Crippen molar-refractivity contribution in [1.29, 1.82) is 0 Å². The molecule has 2 N–H and O–H groups in total. The van der Waals surface area contributed by atoms with E-state index in [9.17, 15) is 5.11 Å². The first kappa shape index (κ1) is 11.6. The monoisotopic (exact) mass is 286 g/mol. The second-order valence-corrected chi connectivity index (χ2v) is 4.69. The molecule has 0 radical (unpaired) electrons. The number of aliphatic hydroxyl groups excluding tert-OH is 1. The third-order valence-corrected chi connectivity index (χ3v) is 3.27. The van der Waals surface area contributed by atoms with Gasteiger partial charge in [0.15, 0.2) is 0 Å². The Morgan fingerprint density at radius 2 is 2.19 bits per heavy atom. The number of aliphatic hydroxyl groups is 1. The molecule has 0 spiro atoms. The van der Waals surface area contributed by atoms with Crippen LogP contribution in [0.1, 0.15) is 12.8 Å². The largest absolute Gasteiger partial charge is 0.393 e. The Morgan fingerprint density at radius 3 is 2.81 bits per heavy atom. The number of halogens is 1. The molecule has 1 aromatic heterocycles. The van der Waals surface area contributed by atoms with Crippen molar-refractivity contribution in [3.8, 4) is 0 Å². The summed E-state index contributed by atoms with van der Waals surface area (Å²) in [5, 5.41) is 12.4. The van der Waals surface area contributed by atoms with Gasteiger partial charge in [0, 0.05) is 26.3 Å². The van der Waals surface area contributed by atoms with Gasteiger partial charge >= 0.3 is 0 Å². The fraction of sp³-hybridized carbons (Fsp3) is 0.600. The fourth-order valence-electron chi connectivity index (χ4n) is 1.78. The van der Waals surface area contributed by atoms with Crippen molar-refractivity contribution in [2.75, 3.05) is 30.4 Å². The average molecular weight is 287 g/mol. The Labute approximate surface area is 103 Å². The van der Waals surface area contributed by atoms with Crippen LogP contribution in [0.15, 0.2) is 10.7 Å².